The molecule has 2 rings (SSSR count). The Balaban J connectivity index is 2.16. The molecule has 19 heavy (non-hydrogen) atoms. The minimum absolute atomic E-state index is 0.144. The number of carbonyl (C=O) groups is 1. The average molecular weight is 256 g/mol. The third-order valence-corrected chi connectivity index (χ3v) is 2.94. The summed E-state index contributed by atoms with van der Waals surface area (Å²) in [4.78, 5) is 16.2. The fourth-order valence-corrected chi connectivity index (χ4v) is 1.88. The van der Waals surface area contributed by atoms with Crippen LogP contribution in [0, 0.1) is 6.92 Å². The molecule has 0 saturated carbocycles. The van der Waals surface area contributed by atoms with Gasteiger partial charge in [-0.3, -0.25) is 9.78 Å². The Morgan fingerprint density at radius 3 is 2.63 bits per heavy atom. The van der Waals surface area contributed by atoms with Crippen molar-refractivity contribution in [2.45, 2.75) is 13.0 Å². The largest absolute Gasteiger partial charge is 0.394 e. The van der Waals surface area contributed by atoms with Gasteiger partial charge in [0.05, 0.1) is 18.2 Å². The zero-order valence-electron chi connectivity index (χ0n) is 10.7. The summed E-state index contributed by atoms with van der Waals surface area (Å²) >= 11 is 0. The van der Waals surface area contributed by atoms with E-state index in [1.54, 1.807) is 25.3 Å². The molecule has 0 bridgehead atoms. The van der Waals surface area contributed by atoms with Crippen molar-refractivity contribution < 1.29 is 9.90 Å². The van der Waals surface area contributed by atoms with E-state index in [4.69, 9.17) is 0 Å². The molecule has 4 nitrogen and oxygen atoms in total. The van der Waals surface area contributed by atoms with Gasteiger partial charge >= 0.3 is 0 Å². The maximum Gasteiger partial charge on any atom is 0.253 e. The van der Waals surface area contributed by atoms with Gasteiger partial charge in [-0.1, -0.05) is 30.3 Å². The molecule has 0 aliphatic heterocycles. The first-order valence-electron chi connectivity index (χ1n) is 6.10. The van der Waals surface area contributed by atoms with Gasteiger partial charge in [0.1, 0.15) is 0 Å². The minimum atomic E-state index is -0.409. The Labute approximate surface area is 112 Å². The molecule has 2 aromatic rings. The van der Waals surface area contributed by atoms with Gasteiger partial charge in [-0.2, -0.15) is 0 Å². The first-order chi connectivity index (χ1) is 9.22. The van der Waals surface area contributed by atoms with Gasteiger partial charge in [-0.05, 0) is 24.6 Å². The molecule has 0 spiro atoms. The van der Waals surface area contributed by atoms with Crippen LogP contribution < -0.4 is 5.32 Å². The van der Waals surface area contributed by atoms with Crippen LogP contribution in [0.5, 0.6) is 0 Å². The lowest BCUT2D eigenvalue weighted by Gasteiger charge is -2.17. The Bertz CT molecular complexity index is 555. The fourth-order valence-electron chi connectivity index (χ4n) is 1.88. The molecule has 0 aliphatic carbocycles. The van der Waals surface area contributed by atoms with Crippen molar-refractivity contribution in [3.8, 4) is 0 Å². The van der Waals surface area contributed by atoms with Crippen molar-refractivity contribution in [1.82, 2.24) is 10.3 Å². The van der Waals surface area contributed by atoms with E-state index in [-0.39, 0.29) is 12.5 Å². The zero-order valence-corrected chi connectivity index (χ0v) is 10.7. The summed E-state index contributed by atoms with van der Waals surface area (Å²) < 4.78 is 0. The summed E-state index contributed by atoms with van der Waals surface area (Å²) in [6, 6.07) is 12.4. The SMILES string of the molecule is Cc1ncccc1C(=O)N[C@@H](CO)c1ccccc1. The van der Waals surface area contributed by atoms with E-state index in [1.165, 1.54) is 0 Å². The Morgan fingerprint density at radius 2 is 2.00 bits per heavy atom. The lowest BCUT2D eigenvalue weighted by molar-refractivity contribution is 0.0915. The monoisotopic (exact) mass is 256 g/mol. The minimum Gasteiger partial charge on any atom is -0.394 e. The van der Waals surface area contributed by atoms with Crippen LogP contribution in [0.1, 0.15) is 27.7 Å². The second-order valence-corrected chi connectivity index (χ2v) is 4.26. The number of amides is 1. The summed E-state index contributed by atoms with van der Waals surface area (Å²) in [6.45, 7) is 1.64. The van der Waals surface area contributed by atoms with E-state index in [0.29, 0.717) is 11.3 Å². The number of nitrogens with zero attached hydrogens (tertiary/aromatic N) is 1. The Hall–Kier alpha value is -2.20. The predicted octanol–water partition coefficient (Wildman–Crippen LogP) is 1.85. The molecule has 1 heterocycles. The molecular formula is C15H16N2O2. The average Bonchev–Trinajstić information content (AvgIpc) is 2.46. The number of aromatic nitrogens is 1. The van der Waals surface area contributed by atoms with Gasteiger partial charge in [0.15, 0.2) is 0 Å². The molecule has 1 amide bonds. The molecule has 1 atom stereocenters. The number of aryl methyl sites for hydroxylation is 1. The van der Waals surface area contributed by atoms with Gasteiger partial charge in [0.25, 0.3) is 5.91 Å². The first kappa shape index (κ1) is 13.2. The van der Waals surface area contributed by atoms with Crippen molar-refractivity contribution in [1.29, 1.82) is 0 Å². The second-order valence-electron chi connectivity index (χ2n) is 4.26. The zero-order chi connectivity index (χ0) is 13.7. The topological polar surface area (TPSA) is 62.2 Å². The summed E-state index contributed by atoms with van der Waals surface area (Å²) in [5.74, 6) is -0.228. The van der Waals surface area contributed by atoms with E-state index >= 15 is 0 Å². The van der Waals surface area contributed by atoms with Crippen LogP contribution >= 0.6 is 0 Å². The maximum absolute atomic E-state index is 12.1. The third kappa shape index (κ3) is 3.17. The van der Waals surface area contributed by atoms with Gasteiger partial charge < -0.3 is 10.4 Å². The quantitative estimate of drug-likeness (QED) is 0.877. The van der Waals surface area contributed by atoms with E-state index in [1.807, 2.05) is 30.3 Å². The van der Waals surface area contributed by atoms with Crippen LogP contribution in [0.25, 0.3) is 0 Å². The molecule has 2 N–H and O–H groups in total. The smallest absolute Gasteiger partial charge is 0.253 e. The highest BCUT2D eigenvalue weighted by molar-refractivity contribution is 5.95. The first-order valence-corrected chi connectivity index (χ1v) is 6.10. The lowest BCUT2D eigenvalue weighted by atomic mass is 10.1. The Kier molecular flexibility index (Phi) is 4.26. The van der Waals surface area contributed by atoms with Gasteiger partial charge in [-0.25, -0.2) is 0 Å². The van der Waals surface area contributed by atoms with Crippen molar-refractivity contribution >= 4 is 5.91 Å². The van der Waals surface area contributed by atoms with Crippen LogP contribution in [0.2, 0.25) is 0 Å². The maximum atomic E-state index is 12.1. The van der Waals surface area contributed by atoms with E-state index in [9.17, 15) is 9.90 Å². The summed E-state index contributed by atoms with van der Waals surface area (Å²) in [7, 11) is 0. The van der Waals surface area contributed by atoms with Crippen LogP contribution in [-0.2, 0) is 0 Å². The predicted molar refractivity (Wildman–Crippen MR) is 72.7 cm³/mol. The van der Waals surface area contributed by atoms with Crippen LogP contribution in [0.15, 0.2) is 48.7 Å². The molecule has 1 aromatic heterocycles. The van der Waals surface area contributed by atoms with E-state index in [2.05, 4.69) is 10.3 Å². The summed E-state index contributed by atoms with van der Waals surface area (Å²) in [5.41, 5.74) is 2.07. The molecule has 98 valence electrons. The molecule has 1 aromatic carbocycles. The lowest BCUT2D eigenvalue weighted by Crippen LogP contribution is -2.31. The molecule has 0 radical (unpaired) electrons. The standard InChI is InChI=1S/C15H16N2O2/c1-11-13(8-5-9-16-11)15(19)17-14(10-18)12-6-3-2-4-7-12/h2-9,14,18H,10H2,1H3,(H,17,19)/t14-/m0/s1. The number of hydrogen-bond donors (Lipinski definition) is 2. The van der Waals surface area contributed by atoms with Crippen molar-refractivity contribution in [3.63, 3.8) is 0 Å². The molecule has 0 saturated heterocycles. The molecular weight excluding hydrogens is 240 g/mol. The van der Waals surface area contributed by atoms with E-state index in [0.717, 1.165) is 5.56 Å². The number of rotatable bonds is 4. The number of benzene rings is 1. The number of hydrogen-bond acceptors (Lipinski definition) is 3. The highest BCUT2D eigenvalue weighted by atomic mass is 16.3. The summed E-state index contributed by atoms with van der Waals surface area (Å²) in [5, 5.41) is 12.2. The number of aliphatic hydroxyl groups excluding tert-OH is 1. The molecule has 0 aliphatic rings. The van der Waals surface area contributed by atoms with Crippen molar-refractivity contribution in [2.75, 3.05) is 6.61 Å². The van der Waals surface area contributed by atoms with Crippen LogP contribution in [0.4, 0.5) is 0 Å². The molecule has 0 fully saturated rings. The van der Waals surface area contributed by atoms with Gasteiger partial charge in [0.2, 0.25) is 0 Å². The third-order valence-electron chi connectivity index (χ3n) is 2.94. The normalized spacial score (nSPS) is 11.9. The molecule has 0 unspecified atom stereocenters. The number of nitrogens with one attached hydrogen (secondary N) is 1. The van der Waals surface area contributed by atoms with Crippen molar-refractivity contribution in [3.05, 3.63) is 65.5 Å². The number of aliphatic hydroxyl groups is 1. The van der Waals surface area contributed by atoms with Crippen LogP contribution in [-0.4, -0.2) is 22.6 Å². The fraction of sp³-hybridized carbons (Fsp3) is 0.200. The van der Waals surface area contributed by atoms with Gasteiger partial charge in [0, 0.05) is 11.9 Å². The Morgan fingerprint density at radius 1 is 1.26 bits per heavy atom. The highest BCUT2D eigenvalue weighted by Gasteiger charge is 2.16. The highest BCUT2D eigenvalue weighted by Crippen LogP contribution is 2.13. The van der Waals surface area contributed by atoms with Gasteiger partial charge in [-0.15, -0.1) is 0 Å². The second kappa shape index (κ2) is 6.11. The van der Waals surface area contributed by atoms with Crippen LogP contribution in [0.3, 0.4) is 0 Å². The number of carbonyl (C=O) groups excluding carboxylic acids is 1. The van der Waals surface area contributed by atoms with E-state index < -0.39 is 6.04 Å². The summed E-state index contributed by atoms with van der Waals surface area (Å²) in [6.07, 6.45) is 1.65. The molecule has 4 heteroatoms. The van der Waals surface area contributed by atoms with Crippen molar-refractivity contribution in [2.24, 2.45) is 0 Å². The number of pyridine rings is 1.